The Labute approximate surface area is 160 Å². The molecule has 0 bridgehead atoms. The molecule has 0 aliphatic heterocycles. The van der Waals surface area contributed by atoms with Gasteiger partial charge >= 0.3 is 0 Å². The average molecular weight is 392 g/mol. The minimum atomic E-state index is -3.15. The van der Waals surface area contributed by atoms with Crippen LogP contribution < -0.4 is 5.32 Å². The van der Waals surface area contributed by atoms with Crippen LogP contribution in [0, 0.1) is 6.92 Å². The van der Waals surface area contributed by atoms with E-state index in [1.54, 1.807) is 11.8 Å². The van der Waals surface area contributed by atoms with Gasteiger partial charge in [0.05, 0.1) is 17.3 Å². The molecule has 26 heavy (non-hydrogen) atoms. The lowest BCUT2D eigenvalue weighted by atomic mass is 10.2. The van der Waals surface area contributed by atoms with Crippen LogP contribution in [-0.4, -0.2) is 32.4 Å². The van der Waals surface area contributed by atoms with Crippen LogP contribution in [0.2, 0.25) is 0 Å². The molecule has 0 spiro atoms. The Bertz CT molecular complexity index is 788. The van der Waals surface area contributed by atoms with Crippen LogP contribution in [-0.2, 0) is 26.1 Å². The molecule has 0 saturated heterocycles. The molecular formula is C20H25NO3S2. The topological polar surface area (TPSA) is 63.2 Å². The smallest absolute Gasteiger partial charge is 0.230 e. The van der Waals surface area contributed by atoms with Crippen LogP contribution in [0.1, 0.15) is 23.1 Å². The monoisotopic (exact) mass is 391 g/mol. The van der Waals surface area contributed by atoms with Gasteiger partial charge in [-0.05, 0) is 24.5 Å². The van der Waals surface area contributed by atoms with Crippen molar-refractivity contribution in [3.63, 3.8) is 0 Å². The van der Waals surface area contributed by atoms with Crippen molar-refractivity contribution in [1.29, 1.82) is 0 Å². The van der Waals surface area contributed by atoms with Gasteiger partial charge < -0.3 is 5.32 Å². The molecule has 0 saturated carbocycles. The fourth-order valence-electron chi connectivity index (χ4n) is 2.42. The Morgan fingerprint density at radius 1 is 1.00 bits per heavy atom. The van der Waals surface area contributed by atoms with Gasteiger partial charge in [0.25, 0.3) is 0 Å². The molecular weight excluding hydrogens is 366 g/mol. The molecule has 2 rings (SSSR count). The van der Waals surface area contributed by atoms with Gasteiger partial charge in [0.1, 0.15) is 0 Å². The van der Waals surface area contributed by atoms with Gasteiger partial charge in [-0.1, -0.05) is 60.2 Å². The number of hydrogen-bond acceptors (Lipinski definition) is 4. The number of amides is 1. The molecule has 0 radical (unpaired) electrons. The summed E-state index contributed by atoms with van der Waals surface area (Å²) in [6.45, 7) is 2.43. The maximum absolute atomic E-state index is 12.1. The zero-order chi connectivity index (χ0) is 18.8. The van der Waals surface area contributed by atoms with E-state index in [1.165, 1.54) is 11.1 Å². The highest BCUT2D eigenvalue weighted by Crippen LogP contribution is 2.12. The van der Waals surface area contributed by atoms with Gasteiger partial charge in [0.15, 0.2) is 9.84 Å². The van der Waals surface area contributed by atoms with E-state index in [9.17, 15) is 13.2 Å². The molecule has 1 N–H and O–H groups in total. The largest absolute Gasteiger partial charge is 0.355 e. The molecule has 140 valence electrons. The third-order valence-electron chi connectivity index (χ3n) is 3.81. The molecule has 0 aromatic heterocycles. The van der Waals surface area contributed by atoms with Crippen LogP contribution >= 0.6 is 11.8 Å². The molecule has 2 aromatic carbocycles. The first-order valence-corrected chi connectivity index (χ1v) is 11.6. The molecule has 0 fully saturated rings. The zero-order valence-electron chi connectivity index (χ0n) is 15.0. The van der Waals surface area contributed by atoms with Crippen LogP contribution in [0.5, 0.6) is 0 Å². The van der Waals surface area contributed by atoms with E-state index in [4.69, 9.17) is 0 Å². The maximum Gasteiger partial charge on any atom is 0.230 e. The van der Waals surface area contributed by atoms with Gasteiger partial charge in [0, 0.05) is 12.3 Å². The Morgan fingerprint density at radius 2 is 1.69 bits per heavy atom. The predicted molar refractivity (Wildman–Crippen MR) is 109 cm³/mol. The summed E-state index contributed by atoms with van der Waals surface area (Å²) in [6.07, 6.45) is 0.434. The summed E-state index contributed by atoms with van der Waals surface area (Å²) in [5.41, 5.74) is 3.21. The quantitative estimate of drug-likeness (QED) is 0.631. The van der Waals surface area contributed by atoms with E-state index in [2.05, 4.69) is 29.6 Å². The third kappa shape index (κ3) is 8.06. The Kier molecular flexibility index (Phi) is 8.19. The SMILES string of the molecule is Cc1ccc(CSCC(=O)NCCCS(=O)(=O)Cc2ccccc2)cc1. The van der Waals surface area contributed by atoms with E-state index in [0.29, 0.717) is 18.7 Å². The highest BCUT2D eigenvalue weighted by Gasteiger charge is 2.11. The van der Waals surface area contributed by atoms with Crippen molar-refractivity contribution in [2.24, 2.45) is 0 Å². The Balaban J connectivity index is 1.60. The minimum Gasteiger partial charge on any atom is -0.355 e. The predicted octanol–water partition coefficient (Wildman–Crippen LogP) is 3.35. The second-order valence-corrected chi connectivity index (χ2v) is 9.43. The number of thioether (sulfide) groups is 1. The number of rotatable bonds is 10. The molecule has 6 heteroatoms. The maximum atomic E-state index is 12.1. The molecule has 1 amide bonds. The number of hydrogen-bond donors (Lipinski definition) is 1. The van der Waals surface area contributed by atoms with Crippen molar-refractivity contribution in [1.82, 2.24) is 5.32 Å². The Morgan fingerprint density at radius 3 is 2.38 bits per heavy atom. The normalized spacial score (nSPS) is 11.3. The van der Waals surface area contributed by atoms with Gasteiger partial charge in [-0.15, -0.1) is 11.8 Å². The minimum absolute atomic E-state index is 0.0498. The molecule has 0 heterocycles. The summed E-state index contributed by atoms with van der Waals surface area (Å²) in [4.78, 5) is 11.8. The summed E-state index contributed by atoms with van der Waals surface area (Å²) in [5, 5.41) is 2.79. The lowest BCUT2D eigenvalue weighted by molar-refractivity contribution is -0.118. The van der Waals surface area contributed by atoms with Crippen LogP contribution in [0.4, 0.5) is 0 Å². The fraction of sp³-hybridized carbons (Fsp3) is 0.350. The van der Waals surface area contributed by atoms with E-state index in [0.717, 1.165) is 11.3 Å². The van der Waals surface area contributed by atoms with Crippen molar-refractivity contribution in [3.8, 4) is 0 Å². The second kappa shape index (κ2) is 10.4. The highest BCUT2D eigenvalue weighted by atomic mass is 32.2. The highest BCUT2D eigenvalue weighted by molar-refractivity contribution is 7.99. The molecule has 0 unspecified atom stereocenters. The number of sulfone groups is 1. The average Bonchev–Trinajstić information content (AvgIpc) is 2.61. The summed E-state index contributed by atoms with van der Waals surface area (Å²) in [6, 6.07) is 17.4. The summed E-state index contributed by atoms with van der Waals surface area (Å²) >= 11 is 1.56. The van der Waals surface area contributed by atoms with Gasteiger partial charge in [-0.2, -0.15) is 0 Å². The third-order valence-corrected chi connectivity index (χ3v) is 6.49. The standard InChI is InChI=1S/C20H25NO3S2/c1-17-8-10-18(11-9-17)14-25-15-20(22)21-12-5-13-26(23,24)16-19-6-3-2-4-7-19/h2-4,6-11H,5,12-16H2,1H3,(H,21,22). The number of carbonyl (C=O) groups excluding carboxylic acids is 1. The lowest BCUT2D eigenvalue weighted by Crippen LogP contribution is -2.27. The summed E-state index contributed by atoms with van der Waals surface area (Å²) < 4.78 is 24.2. The molecule has 0 aliphatic rings. The first-order valence-electron chi connectivity index (χ1n) is 8.59. The number of carbonyl (C=O) groups is 1. The van der Waals surface area contributed by atoms with Gasteiger partial charge in [-0.3, -0.25) is 4.79 Å². The van der Waals surface area contributed by atoms with Crippen molar-refractivity contribution >= 4 is 27.5 Å². The lowest BCUT2D eigenvalue weighted by Gasteiger charge is -2.07. The first-order chi connectivity index (χ1) is 12.4. The van der Waals surface area contributed by atoms with Crippen molar-refractivity contribution in [3.05, 3.63) is 71.3 Å². The van der Waals surface area contributed by atoms with Crippen molar-refractivity contribution in [2.45, 2.75) is 24.9 Å². The zero-order valence-corrected chi connectivity index (χ0v) is 16.6. The molecule has 2 aromatic rings. The van der Waals surface area contributed by atoms with Gasteiger partial charge in [0.2, 0.25) is 5.91 Å². The second-order valence-electron chi connectivity index (χ2n) is 6.26. The Hall–Kier alpha value is -1.79. The van der Waals surface area contributed by atoms with E-state index in [-0.39, 0.29) is 17.4 Å². The van der Waals surface area contributed by atoms with E-state index < -0.39 is 9.84 Å². The van der Waals surface area contributed by atoms with E-state index in [1.807, 2.05) is 37.3 Å². The summed E-state index contributed by atoms with van der Waals surface area (Å²) in [5.74, 6) is 1.25. The molecule has 0 atom stereocenters. The number of nitrogens with one attached hydrogen (secondary N) is 1. The summed E-state index contributed by atoms with van der Waals surface area (Å²) in [7, 11) is -3.15. The molecule has 0 aliphatic carbocycles. The van der Waals surface area contributed by atoms with Gasteiger partial charge in [-0.25, -0.2) is 8.42 Å². The van der Waals surface area contributed by atoms with Crippen LogP contribution in [0.25, 0.3) is 0 Å². The molecule has 4 nitrogen and oxygen atoms in total. The van der Waals surface area contributed by atoms with E-state index >= 15 is 0 Å². The van der Waals surface area contributed by atoms with Crippen molar-refractivity contribution < 1.29 is 13.2 Å². The first kappa shape index (κ1) is 20.5. The number of benzene rings is 2. The van der Waals surface area contributed by atoms with Crippen LogP contribution in [0.15, 0.2) is 54.6 Å². The number of aryl methyl sites for hydroxylation is 1. The fourth-order valence-corrected chi connectivity index (χ4v) is 4.66. The van der Waals surface area contributed by atoms with Crippen LogP contribution in [0.3, 0.4) is 0 Å². The van der Waals surface area contributed by atoms with Crippen molar-refractivity contribution in [2.75, 3.05) is 18.1 Å².